The first-order chi connectivity index (χ1) is 7.55. The molecule has 1 aliphatic heterocycles. The van der Waals surface area contributed by atoms with E-state index in [1.54, 1.807) is 14.2 Å². The Balaban J connectivity index is 2.08. The summed E-state index contributed by atoms with van der Waals surface area (Å²) in [4.78, 5) is 0. The van der Waals surface area contributed by atoms with Crippen molar-refractivity contribution in [1.82, 2.24) is 0 Å². The summed E-state index contributed by atoms with van der Waals surface area (Å²) in [5, 5.41) is 0. The zero-order valence-corrected chi connectivity index (χ0v) is 11.2. The number of fused-ring (bicyclic) bond motifs is 1. The molecule has 1 aliphatic carbocycles. The van der Waals surface area contributed by atoms with Crippen molar-refractivity contribution in [2.45, 2.75) is 25.0 Å². The van der Waals surface area contributed by atoms with Gasteiger partial charge in [-0.2, -0.15) is 0 Å². The van der Waals surface area contributed by atoms with E-state index in [0.29, 0.717) is 17.4 Å². The summed E-state index contributed by atoms with van der Waals surface area (Å²) in [6, 6.07) is 0. The molecule has 16 heavy (non-hydrogen) atoms. The molecule has 6 heteroatoms. The first-order valence-electron chi connectivity index (χ1n) is 5.48. The third-order valence-corrected chi connectivity index (χ3v) is 7.29. The maximum Gasteiger partial charge on any atom is 0.201 e. The molecule has 0 aromatic rings. The average Bonchev–Trinajstić information content (AvgIpc) is 2.26. The molecule has 0 amide bonds. The van der Waals surface area contributed by atoms with Gasteiger partial charge in [0, 0.05) is 20.0 Å². The van der Waals surface area contributed by atoms with E-state index in [2.05, 4.69) is 0 Å². The van der Waals surface area contributed by atoms with E-state index in [0.717, 1.165) is 23.6 Å². The minimum absolute atomic E-state index is 0.0459. The molecule has 0 aromatic carbocycles. The lowest BCUT2D eigenvalue weighted by Crippen LogP contribution is -2.45. The first-order valence-corrected chi connectivity index (χ1v) is 8.64. The fraction of sp³-hybridized carbons (Fsp3) is 1.00. The number of rotatable bonds is 2. The van der Waals surface area contributed by atoms with Gasteiger partial charge in [-0.1, -0.05) is 0 Å². The predicted molar refractivity (Wildman–Crippen MR) is 64.1 cm³/mol. The van der Waals surface area contributed by atoms with Gasteiger partial charge in [0.2, 0.25) is 8.87 Å². The minimum Gasteiger partial charge on any atom is -0.379 e. The second-order valence-electron chi connectivity index (χ2n) is 4.55. The number of hydrogen-bond acceptors (Lipinski definition) is 5. The Kier molecular flexibility index (Phi) is 3.83. The summed E-state index contributed by atoms with van der Waals surface area (Å²) >= 11 is 0. The molecule has 94 valence electrons. The molecule has 1 saturated carbocycles. The van der Waals surface area contributed by atoms with Gasteiger partial charge in [-0.05, 0) is 35.5 Å². The fourth-order valence-corrected chi connectivity index (χ4v) is 6.47. The van der Waals surface area contributed by atoms with E-state index in [1.807, 2.05) is 0 Å². The third kappa shape index (κ3) is 2.55. The Morgan fingerprint density at radius 1 is 1.06 bits per heavy atom. The molecule has 4 nitrogen and oxygen atoms in total. The standard InChI is InChI=1S/C10H18O4S2/c1-13-9-3-7-5-15-16(11,12)6-8(7)4-10(9)14-2/h7-10H,3-6H2,1-2H3/t7-,8-,9+,10+/m1/s1. The van der Waals surface area contributed by atoms with Crippen LogP contribution in [0.5, 0.6) is 0 Å². The lowest BCUT2D eigenvalue weighted by Gasteiger charge is -2.41. The lowest BCUT2D eigenvalue weighted by molar-refractivity contribution is -0.0812. The van der Waals surface area contributed by atoms with Crippen LogP contribution in [-0.2, 0) is 18.3 Å². The molecule has 2 rings (SSSR count). The number of hydrogen-bond donors (Lipinski definition) is 0. The molecular weight excluding hydrogens is 248 g/mol. The third-order valence-electron chi connectivity index (χ3n) is 3.64. The van der Waals surface area contributed by atoms with Crippen molar-refractivity contribution < 1.29 is 17.9 Å². The quantitative estimate of drug-likeness (QED) is 0.701. The van der Waals surface area contributed by atoms with Gasteiger partial charge in [0.25, 0.3) is 0 Å². The van der Waals surface area contributed by atoms with E-state index in [9.17, 15) is 8.42 Å². The van der Waals surface area contributed by atoms with Crippen LogP contribution < -0.4 is 0 Å². The smallest absolute Gasteiger partial charge is 0.201 e. The van der Waals surface area contributed by atoms with Crippen molar-refractivity contribution in [3.63, 3.8) is 0 Å². The zero-order valence-electron chi connectivity index (χ0n) is 9.59. The van der Waals surface area contributed by atoms with E-state index in [4.69, 9.17) is 9.47 Å². The normalized spacial score (nSPS) is 42.6. The maximum atomic E-state index is 11.5. The highest BCUT2D eigenvalue weighted by atomic mass is 33.1. The Morgan fingerprint density at radius 3 is 2.19 bits per heavy atom. The summed E-state index contributed by atoms with van der Waals surface area (Å²) < 4.78 is 33.9. The van der Waals surface area contributed by atoms with E-state index < -0.39 is 8.87 Å². The molecule has 1 saturated heterocycles. The van der Waals surface area contributed by atoms with Gasteiger partial charge in [0.05, 0.1) is 18.0 Å². The van der Waals surface area contributed by atoms with Gasteiger partial charge in [0.1, 0.15) is 0 Å². The number of methoxy groups -OCH3 is 2. The Hall–Kier alpha value is 0.220. The zero-order chi connectivity index (χ0) is 11.8. The van der Waals surface area contributed by atoms with Crippen LogP contribution in [-0.4, -0.2) is 46.4 Å². The van der Waals surface area contributed by atoms with Crippen molar-refractivity contribution >= 4 is 19.7 Å². The maximum absolute atomic E-state index is 11.5. The van der Waals surface area contributed by atoms with Gasteiger partial charge in [-0.15, -0.1) is 0 Å². The molecule has 0 radical (unpaired) electrons. The molecule has 2 aliphatic rings. The molecule has 1 heterocycles. The molecule has 2 fully saturated rings. The minimum atomic E-state index is -2.89. The summed E-state index contributed by atoms with van der Waals surface area (Å²) in [6.45, 7) is 0. The van der Waals surface area contributed by atoms with Gasteiger partial charge in [0.15, 0.2) is 0 Å². The van der Waals surface area contributed by atoms with Crippen molar-refractivity contribution in [3.05, 3.63) is 0 Å². The van der Waals surface area contributed by atoms with Gasteiger partial charge < -0.3 is 9.47 Å². The Bertz CT molecular complexity index is 341. The Labute approximate surface area is 100 Å². The van der Waals surface area contributed by atoms with Crippen LogP contribution in [0.4, 0.5) is 0 Å². The summed E-state index contributed by atoms with van der Waals surface area (Å²) in [5.74, 6) is 1.73. The van der Waals surface area contributed by atoms with E-state index in [-0.39, 0.29) is 18.1 Å². The van der Waals surface area contributed by atoms with Crippen LogP contribution in [0, 0.1) is 11.8 Å². The highest BCUT2D eigenvalue weighted by Crippen LogP contribution is 2.41. The summed E-state index contributed by atoms with van der Waals surface area (Å²) in [6.07, 6.45) is 1.89. The predicted octanol–water partition coefficient (Wildman–Crippen LogP) is 1.12. The van der Waals surface area contributed by atoms with Crippen LogP contribution in [0.1, 0.15) is 12.8 Å². The van der Waals surface area contributed by atoms with Gasteiger partial charge in [-0.3, -0.25) is 0 Å². The molecule has 0 unspecified atom stereocenters. The first kappa shape index (κ1) is 12.7. The average molecular weight is 266 g/mol. The second kappa shape index (κ2) is 4.84. The van der Waals surface area contributed by atoms with Crippen molar-refractivity contribution in [2.24, 2.45) is 11.8 Å². The molecule has 4 atom stereocenters. The monoisotopic (exact) mass is 266 g/mol. The van der Waals surface area contributed by atoms with Crippen LogP contribution in [0.25, 0.3) is 0 Å². The highest BCUT2D eigenvalue weighted by molar-refractivity contribution is 8.72. The SMILES string of the molecule is CO[C@H]1C[C@@H]2CS(=O)(=O)SC[C@H]2C[C@@H]1OC. The number of ether oxygens (including phenoxy) is 2. The van der Waals surface area contributed by atoms with Crippen LogP contribution in [0.3, 0.4) is 0 Å². The highest BCUT2D eigenvalue weighted by Gasteiger charge is 2.42. The topological polar surface area (TPSA) is 52.6 Å². The van der Waals surface area contributed by atoms with Gasteiger partial charge >= 0.3 is 0 Å². The van der Waals surface area contributed by atoms with Crippen molar-refractivity contribution in [2.75, 3.05) is 25.7 Å². The summed E-state index contributed by atoms with van der Waals surface area (Å²) in [7, 11) is 1.58. The largest absolute Gasteiger partial charge is 0.379 e. The molecule has 0 spiro atoms. The molecule has 0 aromatic heterocycles. The van der Waals surface area contributed by atoms with Crippen LogP contribution in [0.2, 0.25) is 0 Å². The van der Waals surface area contributed by atoms with Crippen molar-refractivity contribution in [3.8, 4) is 0 Å². The fourth-order valence-electron chi connectivity index (χ4n) is 2.69. The van der Waals surface area contributed by atoms with Gasteiger partial charge in [-0.25, -0.2) is 8.42 Å². The van der Waals surface area contributed by atoms with E-state index >= 15 is 0 Å². The van der Waals surface area contributed by atoms with E-state index in [1.165, 1.54) is 0 Å². The molecule has 0 bridgehead atoms. The van der Waals surface area contributed by atoms with Crippen LogP contribution in [0.15, 0.2) is 0 Å². The summed E-state index contributed by atoms with van der Waals surface area (Å²) in [5.41, 5.74) is 0. The van der Waals surface area contributed by atoms with Crippen molar-refractivity contribution in [1.29, 1.82) is 0 Å². The molecule has 0 N–H and O–H groups in total. The molecular formula is C10H18O4S2. The Morgan fingerprint density at radius 2 is 1.62 bits per heavy atom. The van der Waals surface area contributed by atoms with Crippen LogP contribution >= 0.6 is 10.8 Å². The lowest BCUT2D eigenvalue weighted by atomic mass is 9.78. The second-order valence-corrected chi connectivity index (χ2v) is 8.80.